The van der Waals surface area contributed by atoms with Gasteiger partial charge in [0, 0.05) is 30.1 Å². The van der Waals surface area contributed by atoms with E-state index < -0.39 is 12.1 Å². The number of aromatic nitrogens is 1. The van der Waals surface area contributed by atoms with Crippen molar-refractivity contribution >= 4 is 28.7 Å². The zero-order valence-corrected chi connectivity index (χ0v) is 13.8. The second kappa shape index (κ2) is 7.25. The highest BCUT2D eigenvalue weighted by molar-refractivity contribution is 5.97. The number of hydrogen-bond acceptors (Lipinski definition) is 3. The van der Waals surface area contributed by atoms with Gasteiger partial charge >= 0.3 is 0 Å². The molecule has 1 fully saturated rings. The number of nitrogens with zero attached hydrogens (tertiary/aromatic N) is 1. The van der Waals surface area contributed by atoms with Crippen molar-refractivity contribution in [3.8, 4) is 0 Å². The van der Waals surface area contributed by atoms with E-state index in [4.69, 9.17) is 11.5 Å². The van der Waals surface area contributed by atoms with E-state index in [1.165, 1.54) is 0 Å². The Morgan fingerprint density at radius 1 is 1.08 bits per heavy atom. The smallest absolute Gasteiger partial charge is 0.243 e. The van der Waals surface area contributed by atoms with Crippen LogP contribution >= 0.6 is 0 Å². The molecule has 2 heterocycles. The number of benzene rings is 1. The molecule has 3 rings (SSSR count). The van der Waals surface area contributed by atoms with Crippen molar-refractivity contribution < 1.29 is 9.59 Å². The van der Waals surface area contributed by atoms with Crippen LogP contribution < -0.4 is 22.1 Å². The molecule has 25 heavy (non-hydrogen) atoms. The van der Waals surface area contributed by atoms with Crippen LogP contribution in [0.5, 0.6) is 0 Å². The van der Waals surface area contributed by atoms with Gasteiger partial charge in [-0.2, -0.15) is 0 Å². The molecule has 1 aromatic heterocycles. The van der Waals surface area contributed by atoms with E-state index in [1.807, 2.05) is 30.5 Å². The van der Waals surface area contributed by atoms with E-state index in [1.54, 1.807) is 0 Å². The number of carbonyl (C=O) groups excluding carboxylic acids is 2. The molecule has 1 aliphatic heterocycles. The minimum absolute atomic E-state index is 0.0240. The van der Waals surface area contributed by atoms with Crippen molar-refractivity contribution in [2.75, 3.05) is 6.54 Å². The van der Waals surface area contributed by atoms with Crippen molar-refractivity contribution in [2.45, 2.75) is 31.3 Å². The fourth-order valence-electron chi connectivity index (χ4n) is 3.05. The summed E-state index contributed by atoms with van der Waals surface area (Å²) in [6, 6.07) is 6.76. The Labute approximate surface area is 145 Å². The van der Waals surface area contributed by atoms with E-state index in [0.29, 0.717) is 25.8 Å². The van der Waals surface area contributed by atoms with Gasteiger partial charge in [-0.3, -0.25) is 14.6 Å². The van der Waals surface area contributed by atoms with Gasteiger partial charge < -0.3 is 27.1 Å². The molecule has 0 bridgehead atoms. The number of aromatic amines is 1. The topological polar surface area (TPSA) is 138 Å². The van der Waals surface area contributed by atoms with Crippen LogP contribution in [0.15, 0.2) is 35.5 Å². The Hall–Kier alpha value is -3.03. The molecule has 2 atom stereocenters. The summed E-state index contributed by atoms with van der Waals surface area (Å²) in [5, 5.41) is 6.67. The number of guanidine groups is 1. The van der Waals surface area contributed by atoms with Gasteiger partial charge in [-0.1, -0.05) is 18.2 Å². The Kier molecular flexibility index (Phi) is 4.87. The summed E-state index contributed by atoms with van der Waals surface area (Å²) < 4.78 is 0. The van der Waals surface area contributed by atoms with E-state index >= 15 is 0 Å². The van der Waals surface area contributed by atoms with E-state index in [9.17, 15) is 9.59 Å². The fraction of sp³-hybridized carbons (Fsp3) is 0.353. The monoisotopic (exact) mass is 342 g/mol. The maximum absolute atomic E-state index is 12.3. The molecule has 2 aromatic rings. The molecule has 132 valence electrons. The number of hydrogen-bond donors (Lipinski definition) is 5. The second-order valence-electron chi connectivity index (χ2n) is 6.13. The predicted molar refractivity (Wildman–Crippen MR) is 95.8 cm³/mol. The zero-order chi connectivity index (χ0) is 17.8. The lowest BCUT2D eigenvalue weighted by atomic mass is 10.00. The van der Waals surface area contributed by atoms with Gasteiger partial charge in [-0.05, 0) is 24.5 Å². The molecule has 0 aliphatic carbocycles. The first-order valence-electron chi connectivity index (χ1n) is 8.25. The van der Waals surface area contributed by atoms with Crippen LogP contribution in [-0.4, -0.2) is 41.4 Å². The fourth-order valence-corrected chi connectivity index (χ4v) is 3.05. The van der Waals surface area contributed by atoms with E-state index in [-0.39, 0.29) is 17.8 Å². The number of nitrogens with two attached hydrogens (primary N) is 2. The Bertz CT molecular complexity index is 808. The normalized spacial score (nSPS) is 20.2. The highest BCUT2D eigenvalue weighted by atomic mass is 16.2. The number of nitrogens with one attached hydrogen (secondary N) is 3. The lowest BCUT2D eigenvalue weighted by molar-refractivity contribution is -0.136. The van der Waals surface area contributed by atoms with E-state index in [2.05, 4.69) is 20.6 Å². The molecule has 0 unspecified atom stereocenters. The maximum Gasteiger partial charge on any atom is 0.243 e. The van der Waals surface area contributed by atoms with Gasteiger partial charge in [-0.15, -0.1) is 0 Å². The summed E-state index contributed by atoms with van der Waals surface area (Å²) in [4.78, 5) is 31.7. The molecular formula is C17H22N6O2. The summed E-state index contributed by atoms with van der Waals surface area (Å²) in [6.07, 6.45) is 3.44. The van der Waals surface area contributed by atoms with Crippen molar-refractivity contribution in [1.82, 2.24) is 15.6 Å². The average molecular weight is 342 g/mol. The molecule has 1 saturated heterocycles. The number of fused-ring (bicyclic) bond motifs is 1. The van der Waals surface area contributed by atoms with Crippen LogP contribution in [0.2, 0.25) is 0 Å². The predicted octanol–water partition coefficient (Wildman–Crippen LogP) is -0.253. The number of carbonyl (C=O) groups is 2. The van der Waals surface area contributed by atoms with Crippen LogP contribution in [0.3, 0.4) is 0 Å². The molecule has 7 N–H and O–H groups in total. The standard InChI is InChI=1S/C17H22N6O2/c18-17(19)20-7-3-6-13-15(24)23-14(16(25)22-13)8-10-9-21-12-5-2-1-4-11(10)12/h1-2,4-5,9,13-14,21H,3,6-8H2,(H,22,25)(H,23,24)(H4,18,19,20)/t13-,14-/m0/s1. The summed E-state index contributed by atoms with van der Waals surface area (Å²) in [7, 11) is 0. The third kappa shape index (κ3) is 3.90. The van der Waals surface area contributed by atoms with E-state index in [0.717, 1.165) is 16.5 Å². The summed E-state index contributed by atoms with van der Waals surface area (Å²) in [5.74, 6) is -0.318. The van der Waals surface area contributed by atoms with Gasteiger partial charge in [0.05, 0.1) is 0 Å². The largest absolute Gasteiger partial charge is 0.370 e. The van der Waals surface area contributed by atoms with Crippen LogP contribution in [0.25, 0.3) is 10.9 Å². The van der Waals surface area contributed by atoms with Gasteiger partial charge in [-0.25, -0.2) is 0 Å². The molecule has 0 radical (unpaired) electrons. The van der Waals surface area contributed by atoms with Crippen LogP contribution in [0, 0.1) is 0 Å². The van der Waals surface area contributed by atoms with Crippen molar-refractivity contribution in [3.05, 3.63) is 36.0 Å². The molecule has 1 aromatic carbocycles. The molecule has 2 amide bonds. The highest BCUT2D eigenvalue weighted by Crippen LogP contribution is 2.20. The average Bonchev–Trinajstić information content (AvgIpc) is 2.98. The first-order valence-corrected chi connectivity index (χ1v) is 8.25. The number of H-pyrrole nitrogens is 1. The molecule has 0 spiro atoms. The zero-order valence-electron chi connectivity index (χ0n) is 13.8. The van der Waals surface area contributed by atoms with Gasteiger partial charge in [0.1, 0.15) is 12.1 Å². The Morgan fingerprint density at radius 3 is 2.60 bits per heavy atom. The Balaban J connectivity index is 1.60. The van der Waals surface area contributed by atoms with Crippen LogP contribution in [0.1, 0.15) is 18.4 Å². The van der Waals surface area contributed by atoms with Crippen LogP contribution in [0.4, 0.5) is 0 Å². The van der Waals surface area contributed by atoms with Gasteiger partial charge in [0.25, 0.3) is 0 Å². The minimum Gasteiger partial charge on any atom is -0.370 e. The summed E-state index contributed by atoms with van der Waals surface area (Å²) in [5.41, 5.74) is 12.5. The lowest BCUT2D eigenvalue weighted by Gasteiger charge is -2.29. The van der Waals surface area contributed by atoms with Crippen molar-refractivity contribution in [3.63, 3.8) is 0 Å². The third-order valence-corrected chi connectivity index (χ3v) is 4.31. The Morgan fingerprint density at radius 2 is 1.80 bits per heavy atom. The minimum atomic E-state index is -0.569. The lowest BCUT2D eigenvalue weighted by Crippen LogP contribution is -2.62. The SMILES string of the molecule is NC(N)=NCCC[C@@H]1NC(=O)[C@H](Cc2c[nH]c3ccccc23)NC1=O. The molecule has 1 aliphatic rings. The number of para-hydroxylation sites is 1. The van der Waals surface area contributed by atoms with Crippen LogP contribution in [-0.2, 0) is 16.0 Å². The summed E-state index contributed by atoms with van der Waals surface area (Å²) >= 11 is 0. The van der Waals surface area contributed by atoms with Gasteiger partial charge in [0.15, 0.2) is 5.96 Å². The molecule has 0 saturated carbocycles. The number of rotatable bonds is 6. The highest BCUT2D eigenvalue weighted by Gasteiger charge is 2.33. The second-order valence-corrected chi connectivity index (χ2v) is 6.13. The number of piperazine rings is 1. The third-order valence-electron chi connectivity index (χ3n) is 4.31. The first-order chi connectivity index (χ1) is 12.0. The molecular weight excluding hydrogens is 320 g/mol. The van der Waals surface area contributed by atoms with Gasteiger partial charge in [0.2, 0.25) is 11.8 Å². The maximum atomic E-state index is 12.3. The van der Waals surface area contributed by atoms with Crippen molar-refractivity contribution in [1.29, 1.82) is 0 Å². The summed E-state index contributed by atoms with van der Waals surface area (Å²) in [6.45, 7) is 0.431. The van der Waals surface area contributed by atoms with Crippen molar-refractivity contribution in [2.24, 2.45) is 16.5 Å². The molecule has 8 nitrogen and oxygen atoms in total. The quantitative estimate of drug-likeness (QED) is 0.280. The number of amides is 2. The first kappa shape index (κ1) is 16.8. The number of aliphatic imine (C=N–C) groups is 1. The molecule has 8 heteroatoms.